The van der Waals surface area contributed by atoms with Crippen LogP contribution in [0.2, 0.25) is 0 Å². The zero-order valence-electron chi connectivity index (χ0n) is 20.6. The first kappa shape index (κ1) is 27.9. The lowest BCUT2D eigenvalue weighted by Gasteiger charge is -2.36. The zero-order chi connectivity index (χ0) is 24.2. The number of nitrogens with one attached hydrogen (secondary N) is 2. The van der Waals surface area contributed by atoms with Crippen LogP contribution in [0.4, 0.5) is 0 Å². The third-order valence-electron chi connectivity index (χ3n) is 5.98. The normalized spacial score (nSPS) is 11.5. The second-order valence-electron chi connectivity index (χ2n) is 8.29. The van der Waals surface area contributed by atoms with Gasteiger partial charge in [0.1, 0.15) is 5.60 Å². The second kappa shape index (κ2) is 14.8. The van der Waals surface area contributed by atoms with Gasteiger partial charge in [-0.1, -0.05) is 91.0 Å². The van der Waals surface area contributed by atoms with Gasteiger partial charge in [-0.3, -0.25) is 4.99 Å². The Morgan fingerprint density at radius 2 is 1.31 bits per heavy atom. The number of aliphatic imine (C=N–C) groups is 1. The molecule has 4 nitrogen and oxygen atoms in total. The Bertz CT molecular complexity index is 1060. The molecule has 4 rings (SSSR count). The van der Waals surface area contributed by atoms with Crippen molar-refractivity contribution in [2.24, 2.45) is 4.99 Å². The molecule has 1 aromatic heterocycles. The summed E-state index contributed by atoms with van der Waals surface area (Å²) in [7, 11) is 1.81. The number of hydrogen-bond donors (Lipinski definition) is 2. The van der Waals surface area contributed by atoms with Crippen molar-refractivity contribution < 1.29 is 28.7 Å². The third-order valence-corrected chi connectivity index (χ3v) is 6.71. The molecule has 0 radical (unpaired) electrons. The molecule has 3 aromatic carbocycles. The molecule has 0 amide bonds. The molecule has 2 N–H and O–H groups in total. The molecule has 1 heterocycles. The Kier molecular flexibility index (Phi) is 11.5. The maximum absolute atomic E-state index is 6.83. The largest absolute Gasteiger partial charge is 1.00 e. The van der Waals surface area contributed by atoms with Crippen LogP contribution in [0.5, 0.6) is 0 Å². The maximum atomic E-state index is 6.83. The summed E-state index contributed by atoms with van der Waals surface area (Å²) >= 11 is 1.73. The zero-order valence-corrected chi connectivity index (χ0v) is 23.5. The number of ether oxygens (including phenoxy) is 1. The van der Waals surface area contributed by atoms with Gasteiger partial charge in [0, 0.05) is 20.1 Å². The minimum absolute atomic E-state index is 0. The quantitative estimate of drug-likeness (QED) is 0.0904. The van der Waals surface area contributed by atoms with Crippen molar-refractivity contribution >= 4 is 17.3 Å². The smallest absolute Gasteiger partial charge is 0.190 e. The highest BCUT2D eigenvalue weighted by Crippen LogP contribution is 2.40. The summed E-state index contributed by atoms with van der Waals surface area (Å²) in [5.41, 5.74) is 4.04. The topological polar surface area (TPSA) is 45.7 Å². The predicted octanol–water partition coefficient (Wildman–Crippen LogP) is 2.86. The van der Waals surface area contributed by atoms with Crippen molar-refractivity contribution in [3.05, 3.63) is 130 Å². The van der Waals surface area contributed by atoms with E-state index in [1.165, 1.54) is 5.56 Å². The summed E-state index contributed by atoms with van der Waals surface area (Å²) in [6.45, 7) is 2.22. The second-order valence-corrected chi connectivity index (χ2v) is 9.07. The molecule has 0 unspecified atom stereocenters. The van der Waals surface area contributed by atoms with Crippen LogP contribution < -0.4 is 34.6 Å². The van der Waals surface area contributed by atoms with Gasteiger partial charge in [-0.2, -0.15) is 11.3 Å². The first-order chi connectivity index (χ1) is 17.3. The molecule has 0 bridgehead atoms. The number of hydrogen-bond acceptors (Lipinski definition) is 3. The monoisotopic (exact) mass is 610 g/mol. The number of benzene rings is 3. The summed E-state index contributed by atoms with van der Waals surface area (Å²) < 4.78 is 6.83. The fraction of sp³-hybridized carbons (Fsp3) is 0.233. The molecule has 188 valence electrons. The lowest BCUT2D eigenvalue weighted by molar-refractivity contribution is -0.0000165. The molecule has 0 spiro atoms. The summed E-state index contributed by atoms with van der Waals surface area (Å²) in [6.07, 6.45) is 1.83. The van der Waals surface area contributed by atoms with Gasteiger partial charge in [-0.25, -0.2) is 0 Å². The Hall–Kier alpha value is -2.68. The number of halogens is 1. The van der Waals surface area contributed by atoms with Gasteiger partial charge in [0.15, 0.2) is 5.96 Å². The van der Waals surface area contributed by atoms with Crippen LogP contribution in [0.3, 0.4) is 0 Å². The predicted molar refractivity (Wildman–Crippen MR) is 147 cm³/mol. The van der Waals surface area contributed by atoms with Crippen LogP contribution in [0.25, 0.3) is 0 Å². The van der Waals surface area contributed by atoms with Gasteiger partial charge in [-0.05, 0) is 51.9 Å². The summed E-state index contributed by atoms with van der Waals surface area (Å²) in [5.74, 6) is 0.820. The van der Waals surface area contributed by atoms with E-state index >= 15 is 0 Å². The van der Waals surface area contributed by atoms with Crippen LogP contribution in [0.1, 0.15) is 28.7 Å². The Morgan fingerprint density at radius 3 is 1.78 bits per heavy atom. The van der Waals surface area contributed by atoms with E-state index in [0.29, 0.717) is 6.61 Å². The molecule has 0 saturated carbocycles. The molecule has 0 atom stereocenters. The Morgan fingerprint density at radius 1 is 0.778 bits per heavy atom. The van der Waals surface area contributed by atoms with E-state index in [2.05, 4.69) is 105 Å². The summed E-state index contributed by atoms with van der Waals surface area (Å²) in [5, 5.41) is 11.1. The molecule has 0 aliphatic rings. The Balaban J connectivity index is 0.00000361. The molecule has 0 aliphatic carbocycles. The molecule has 0 aliphatic heterocycles. The van der Waals surface area contributed by atoms with E-state index in [9.17, 15) is 0 Å². The van der Waals surface area contributed by atoms with E-state index in [1.54, 1.807) is 11.3 Å². The number of nitrogens with zero attached hydrogens (tertiary/aromatic N) is 1. The molecule has 0 saturated heterocycles. The summed E-state index contributed by atoms with van der Waals surface area (Å²) in [6, 6.07) is 33.7. The van der Waals surface area contributed by atoms with Gasteiger partial charge in [-0.15, -0.1) is 0 Å². The van der Waals surface area contributed by atoms with Crippen molar-refractivity contribution in [1.82, 2.24) is 10.6 Å². The van der Waals surface area contributed by atoms with Crippen molar-refractivity contribution in [3.8, 4) is 0 Å². The first-order valence-corrected chi connectivity index (χ1v) is 13.0. The molecule has 36 heavy (non-hydrogen) atoms. The van der Waals surface area contributed by atoms with Crippen LogP contribution in [0.15, 0.2) is 113 Å². The number of thiophene rings is 1. The highest BCUT2D eigenvalue weighted by Gasteiger charge is 2.37. The fourth-order valence-corrected chi connectivity index (χ4v) is 4.96. The molecule has 6 heteroatoms. The molecule has 4 aromatic rings. The number of rotatable bonds is 11. The molecular weight excluding hydrogens is 577 g/mol. The highest BCUT2D eigenvalue weighted by atomic mass is 127. The van der Waals surface area contributed by atoms with Crippen molar-refractivity contribution in [3.63, 3.8) is 0 Å². The van der Waals surface area contributed by atoms with Gasteiger partial charge in [0.2, 0.25) is 0 Å². The van der Waals surface area contributed by atoms with Crippen molar-refractivity contribution in [2.75, 3.05) is 26.7 Å². The molecule has 0 fully saturated rings. The fourth-order valence-electron chi connectivity index (χ4n) is 4.25. The van der Waals surface area contributed by atoms with Gasteiger partial charge in [0.05, 0.1) is 6.61 Å². The van der Waals surface area contributed by atoms with Crippen LogP contribution >= 0.6 is 11.3 Å². The highest BCUT2D eigenvalue weighted by molar-refractivity contribution is 7.07. The first-order valence-electron chi connectivity index (χ1n) is 12.1. The van der Waals surface area contributed by atoms with E-state index < -0.39 is 5.60 Å². The minimum Gasteiger partial charge on any atom is -1.00 e. The minimum atomic E-state index is -0.676. The van der Waals surface area contributed by atoms with E-state index in [0.717, 1.165) is 48.6 Å². The average Bonchev–Trinajstić information content (AvgIpc) is 3.45. The Labute approximate surface area is 235 Å². The maximum Gasteiger partial charge on any atom is 0.190 e. The summed E-state index contributed by atoms with van der Waals surface area (Å²) in [4.78, 5) is 4.35. The van der Waals surface area contributed by atoms with E-state index in [1.807, 2.05) is 25.2 Å². The van der Waals surface area contributed by atoms with Crippen molar-refractivity contribution in [2.45, 2.75) is 18.4 Å². The van der Waals surface area contributed by atoms with E-state index in [-0.39, 0.29) is 24.0 Å². The average molecular weight is 611 g/mol. The van der Waals surface area contributed by atoms with Gasteiger partial charge >= 0.3 is 0 Å². The third kappa shape index (κ3) is 7.18. The van der Waals surface area contributed by atoms with Gasteiger partial charge < -0.3 is 39.3 Å². The van der Waals surface area contributed by atoms with Crippen LogP contribution in [0, 0.1) is 0 Å². The molecular formula is C30H33IN3OS-. The van der Waals surface area contributed by atoms with Crippen LogP contribution in [-0.2, 0) is 16.8 Å². The lowest BCUT2D eigenvalue weighted by atomic mass is 9.80. The lowest BCUT2D eigenvalue weighted by Crippen LogP contribution is -3.00. The standard InChI is InChI=1S/C30H33N3OS.HI/c1-31-29(33-21-18-25-19-23-35-24-25)32-20-11-22-34-30(26-12-5-2-6-13-26,27-14-7-3-8-15-27)28-16-9-4-10-17-28;/h2-10,12-17,19,23-24H,11,18,20-22H2,1H3,(H2,31,32,33);1H/p-1. The number of guanidine groups is 1. The van der Waals surface area contributed by atoms with Gasteiger partial charge in [0.25, 0.3) is 0 Å². The van der Waals surface area contributed by atoms with E-state index in [4.69, 9.17) is 4.74 Å². The van der Waals surface area contributed by atoms with Crippen molar-refractivity contribution in [1.29, 1.82) is 0 Å². The SMILES string of the molecule is CN=C(NCCCOC(c1ccccc1)(c1ccccc1)c1ccccc1)NCCc1ccsc1.[I-]. The van der Waals surface area contributed by atoms with Crippen LogP contribution in [-0.4, -0.2) is 32.7 Å².